The summed E-state index contributed by atoms with van der Waals surface area (Å²) in [5.74, 6) is -5.44. The van der Waals surface area contributed by atoms with E-state index >= 15 is 0 Å². The van der Waals surface area contributed by atoms with E-state index in [-0.39, 0.29) is 0 Å². The van der Waals surface area contributed by atoms with E-state index in [1.165, 1.54) is 0 Å². The first kappa shape index (κ1) is 26.2. The fraction of sp³-hybridized carbons (Fsp3) is 0.526. The molecule has 2 heterocycles. The number of amides is 1. The number of ether oxygens (including phenoxy) is 5. The van der Waals surface area contributed by atoms with Crippen LogP contribution in [0, 0.1) is 10.1 Å². The number of hydrogen-bond donors (Lipinski definition) is 1. The highest BCUT2D eigenvalue weighted by Gasteiger charge is 2.52. The summed E-state index contributed by atoms with van der Waals surface area (Å²) in [5.41, 5.74) is 0. The van der Waals surface area contributed by atoms with Crippen molar-refractivity contribution in [3.63, 3.8) is 0 Å². The van der Waals surface area contributed by atoms with E-state index in [1.807, 2.05) is 0 Å². The van der Waals surface area contributed by atoms with Crippen LogP contribution >= 0.6 is 0 Å². The fourth-order valence-electron chi connectivity index (χ4n) is 3.09. The van der Waals surface area contributed by atoms with Gasteiger partial charge in [-0.2, -0.15) is 0 Å². The molecule has 1 aromatic heterocycles. The first-order chi connectivity index (χ1) is 15.9. The van der Waals surface area contributed by atoms with E-state index in [2.05, 4.69) is 5.32 Å². The number of nitrogens with zero attached hydrogens (tertiary/aromatic N) is 1. The van der Waals surface area contributed by atoms with Crippen LogP contribution in [0.15, 0.2) is 16.5 Å². The minimum atomic E-state index is -1.61. The number of carbonyl (C=O) groups excluding carboxylic acids is 5. The lowest BCUT2D eigenvalue weighted by Crippen LogP contribution is -2.67. The molecular formula is C19H22N2O13. The third-order valence-electron chi connectivity index (χ3n) is 4.28. The Labute approximate surface area is 191 Å². The Morgan fingerprint density at radius 2 is 1.53 bits per heavy atom. The molecule has 0 spiro atoms. The van der Waals surface area contributed by atoms with Gasteiger partial charge in [0.1, 0.15) is 23.7 Å². The molecule has 0 bridgehead atoms. The molecule has 0 aromatic carbocycles. The maximum atomic E-state index is 12.7. The number of carbonyl (C=O) groups is 5. The highest BCUT2D eigenvalue weighted by Crippen LogP contribution is 2.28. The van der Waals surface area contributed by atoms with Crippen molar-refractivity contribution in [3.05, 3.63) is 28.0 Å². The van der Waals surface area contributed by atoms with Gasteiger partial charge in [-0.25, -0.2) is 0 Å². The zero-order valence-corrected chi connectivity index (χ0v) is 18.5. The Morgan fingerprint density at radius 1 is 0.941 bits per heavy atom. The third kappa shape index (κ3) is 6.99. The summed E-state index contributed by atoms with van der Waals surface area (Å²) in [6.45, 7) is 3.77. The fourth-order valence-corrected chi connectivity index (χ4v) is 3.09. The number of rotatable bonds is 8. The second kappa shape index (κ2) is 11.2. The lowest BCUT2D eigenvalue weighted by atomic mass is 9.96. The second-order valence-corrected chi connectivity index (χ2v) is 7.00. The van der Waals surface area contributed by atoms with Crippen LogP contribution in [0.4, 0.5) is 5.88 Å². The van der Waals surface area contributed by atoms with Crippen molar-refractivity contribution in [2.75, 3.05) is 6.61 Å². The van der Waals surface area contributed by atoms with Crippen molar-refractivity contribution < 1.29 is 57.0 Å². The molecular weight excluding hydrogens is 464 g/mol. The molecule has 1 N–H and O–H groups in total. The summed E-state index contributed by atoms with van der Waals surface area (Å²) >= 11 is 0. The summed E-state index contributed by atoms with van der Waals surface area (Å²) in [6.07, 6.45) is -5.78. The molecule has 15 heteroatoms. The summed E-state index contributed by atoms with van der Waals surface area (Å²) in [4.78, 5) is 69.2. The number of furan rings is 1. The van der Waals surface area contributed by atoms with Gasteiger partial charge in [-0.05, 0) is 6.07 Å². The van der Waals surface area contributed by atoms with E-state index in [0.29, 0.717) is 0 Å². The summed E-state index contributed by atoms with van der Waals surface area (Å²) in [7, 11) is 0. The van der Waals surface area contributed by atoms with E-state index < -0.39 is 83.6 Å². The highest BCUT2D eigenvalue weighted by molar-refractivity contribution is 5.92. The quantitative estimate of drug-likeness (QED) is 0.223. The van der Waals surface area contributed by atoms with Crippen molar-refractivity contribution in [2.24, 2.45) is 0 Å². The van der Waals surface area contributed by atoms with Gasteiger partial charge in [0.05, 0.1) is 6.07 Å². The molecule has 1 aliphatic heterocycles. The van der Waals surface area contributed by atoms with Crippen LogP contribution in [-0.4, -0.2) is 72.0 Å². The molecule has 1 fully saturated rings. The molecule has 1 aliphatic rings. The standard InChI is InChI=1S/C19H22N2O13/c1-8(22)29-7-13-16(30-9(2)23)17(31-10(3)24)15(19(34-13)32-11(4)25)20-18(26)12-5-6-14(33-12)21(27)28/h5-6,13,15-17,19H,7H2,1-4H3,(H,20,26)/t13-,15+,16-,17+,19-/m0/s1. The average molecular weight is 486 g/mol. The topological polar surface area (TPSA) is 200 Å². The van der Waals surface area contributed by atoms with E-state index in [9.17, 15) is 34.1 Å². The van der Waals surface area contributed by atoms with Gasteiger partial charge in [0.15, 0.2) is 18.0 Å². The van der Waals surface area contributed by atoms with Crippen molar-refractivity contribution >= 4 is 35.7 Å². The van der Waals surface area contributed by atoms with E-state index in [4.69, 9.17) is 28.1 Å². The van der Waals surface area contributed by atoms with Gasteiger partial charge < -0.3 is 33.4 Å². The van der Waals surface area contributed by atoms with Crippen LogP contribution in [0.5, 0.6) is 0 Å². The molecule has 0 saturated carbocycles. The molecule has 0 unspecified atom stereocenters. The summed E-state index contributed by atoms with van der Waals surface area (Å²) in [6, 6.07) is 0.490. The predicted octanol–water partition coefficient (Wildman–Crippen LogP) is 0.000700. The minimum Gasteiger partial charge on any atom is -0.463 e. The molecule has 15 nitrogen and oxygen atoms in total. The summed E-state index contributed by atoms with van der Waals surface area (Å²) in [5, 5.41) is 13.2. The van der Waals surface area contributed by atoms with Gasteiger partial charge in [-0.1, -0.05) is 0 Å². The summed E-state index contributed by atoms with van der Waals surface area (Å²) < 4.78 is 31.0. The van der Waals surface area contributed by atoms with E-state index in [1.54, 1.807) is 0 Å². The maximum absolute atomic E-state index is 12.7. The molecule has 34 heavy (non-hydrogen) atoms. The van der Waals surface area contributed by atoms with Crippen molar-refractivity contribution in [1.82, 2.24) is 5.32 Å². The first-order valence-electron chi connectivity index (χ1n) is 9.74. The molecule has 0 aliphatic carbocycles. The lowest BCUT2D eigenvalue weighted by molar-refractivity contribution is -0.402. The molecule has 186 valence electrons. The average Bonchev–Trinajstić information content (AvgIpc) is 3.20. The van der Waals surface area contributed by atoms with Crippen LogP contribution in [0.25, 0.3) is 0 Å². The largest absolute Gasteiger partial charge is 0.463 e. The van der Waals surface area contributed by atoms with E-state index in [0.717, 1.165) is 39.8 Å². The normalized spacial score (nSPS) is 23.8. The zero-order chi connectivity index (χ0) is 25.6. The number of nitrogens with one attached hydrogen (secondary N) is 1. The molecule has 0 radical (unpaired) electrons. The second-order valence-electron chi connectivity index (χ2n) is 7.00. The number of nitro groups is 1. The smallest absolute Gasteiger partial charge is 0.433 e. The van der Waals surface area contributed by atoms with Gasteiger partial charge in [0.2, 0.25) is 6.29 Å². The molecule has 1 amide bonds. The SMILES string of the molecule is CC(=O)OC[C@@H]1O[C@H](OC(C)=O)[C@H](NC(=O)c2ccc([N+](=O)[O-])o2)[C@@H](OC(C)=O)[C@H]1OC(C)=O. The lowest BCUT2D eigenvalue weighted by Gasteiger charge is -2.44. The van der Waals surface area contributed by atoms with Crippen LogP contribution < -0.4 is 5.32 Å². The van der Waals surface area contributed by atoms with Crippen molar-refractivity contribution in [1.29, 1.82) is 0 Å². The van der Waals surface area contributed by atoms with Gasteiger partial charge >= 0.3 is 29.8 Å². The van der Waals surface area contributed by atoms with Crippen LogP contribution in [0.2, 0.25) is 0 Å². The number of esters is 4. The van der Waals surface area contributed by atoms with Crippen LogP contribution in [0.3, 0.4) is 0 Å². The van der Waals surface area contributed by atoms with Gasteiger partial charge in [0.25, 0.3) is 5.91 Å². The van der Waals surface area contributed by atoms with Gasteiger partial charge in [-0.3, -0.25) is 34.1 Å². The minimum absolute atomic E-state index is 0.478. The third-order valence-corrected chi connectivity index (χ3v) is 4.28. The maximum Gasteiger partial charge on any atom is 0.433 e. The predicted molar refractivity (Wildman–Crippen MR) is 105 cm³/mol. The molecule has 5 atom stereocenters. The molecule has 2 rings (SSSR count). The Bertz CT molecular complexity index is 971. The van der Waals surface area contributed by atoms with Crippen LogP contribution in [0.1, 0.15) is 38.2 Å². The highest BCUT2D eigenvalue weighted by atomic mass is 16.7. The Kier molecular flexibility index (Phi) is 8.66. The molecule has 1 saturated heterocycles. The Balaban J connectivity index is 2.44. The van der Waals surface area contributed by atoms with Crippen LogP contribution in [-0.2, 0) is 42.9 Å². The van der Waals surface area contributed by atoms with Gasteiger partial charge in [-0.15, -0.1) is 0 Å². The van der Waals surface area contributed by atoms with Gasteiger partial charge in [0, 0.05) is 27.7 Å². The van der Waals surface area contributed by atoms with Crippen molar-refractivity contribution in [2.45, 2.75) is 58.3 Å². The zero-order valence-electron chi connectivity index (χ0n) is 18.5. The Hall–Kier alpha value is -4.01. The monoisotopic (exact) mass is 486 g/mol. The number of hydrogen-bond acceptors (Lipinski definition) is 13. The first-order valence-corrected chi connectivity index (χ1v) is 9.74. The molecule has 1 aromatic rings. The van der Waals surface area contributed by atoms with Crippen molar-refractivity contribution in [3.8, 4) is 0 Å². The Morgan fingerprint density at radius 3 is 2.03 bits per heavy atom.